The first-order valence-electron chi connectivity index (χ1n) is 14.0. The van der Waals surface area contributed by atoms with Gasteiger partial charge < -0.3 is 25.8 Å². The number of nitrogens with zero attached hydrogens (tertiary/aromatic N) is 3. The van der Waals surface area contributed by atoms with Gasteiger partial charge in [-0.05, 0) is 48.5 Å². The number of piperazine rings is 1. The summed E-state index contributed by atoms with van der Waals surface area (Å²) in [6.07, 6.45) is -4.03. The van der Waals surface area contributed by atoms with E-state index < -0.39 is 38.1 Å². The summed E-state index contributed by atoms with van der Waals surface area (Å²) in [7, 11) is -5.99. The van der Waals surface area contributed by atoms with Crippen LogP contribution in [-0.2, 0) is 24.8 Å². The number of nitrogens with two attached hydrogens (primary N) is 1. The van der Waals surface area contributed by atoms with Crippen molar-refractivity contribution in [3.63, 3.8) is 0 Å². The highest BCUT2D eigenvalue weighted by molar-refractivity contribution is 7.92. The molecule has 0 aliphatic carbocycles. The van der Waals surface area contributed by atoms with Crippen molar-refractivity contribution in [3.05, 3.63) is 77.3 Å². The third-order valence-corrected chi connectivity index (χ3v) is 10.1. The third kappa shape index (κ3) is 10.2. The summed E-state index contributed by atoms with van der Waals surface area (Å²) >= 11 is 6.25. The lowest BCUT2D eigenvalue weighted by atomic mass is 10.1. The molecule has 48 heavy (non-hydrogen) atoms. The molecule has 3 aromatic rings. The van der Waals surface area contributed by atoms with Crippen LogP contribution in [0.2, 0.25) is 5.02 Å². The van der Waals surface area contributed by atoms with E-state index in [1.54, 1.807) is 18.2 Å². The maximum Gasteiger partial charge on any atom is 0.490 e. The van der Waals surface area contributed by atoms with Crippen LogP contribution in [0.4, 0.5) is 30.2 Å². The second-order valence-electron chi connectivity index (χ2n) is 10.2. The fourth-order valence-electron chi connectivity index (χ4n) is 4.35. The van der Waals surface area contributed by atoms with Gasteiger partial charge in [0.2, 0.25) is 20.0 Å². The smallest absolute Gasteiger partial charge is 0.490 e. The van der Waals surface area contributed by atoms with Gasteiger partial charge in [0, 0.05) is 62.2 Å². The Hall–Kier alpha value is -4.10. The first kappa shape index (κ1) is 38.3. The number of para-hydroxylation sites is 1. The molecule has 4 N–H and O–H groups in total. The van der Waals surface area contributed by atoms with E-state index in [0.717, 1.165) is 16.2 Å². The van der Waals surface area contributed by atoms with Gasteiger partial charge in [-0.2, -0.15) is 17.5 Å². The Balaban J connectivity index is 0.000000804. The minimum atomic E-state index is -5.08. The van der Waals surface area contributed by atoms with Crippen LogP contribution in [0, 0.1) is 0 Å². The SMILES string of the molecule is CN(c1ccccc1C(=O)Nc1ccc(S(=O)(=O)N2CCN(c3cc(Cl)cc(OCCN)c3)CC2)cc1)S(C)(=O)=O.O=C(O)C(F)(F)F. The third-order valence-electron chi connectivity index (χ3n) is 6.82. The van der Waals surface area contributed by atoms with E-state index >= 15 is 0 Å². The number of nitrogens with one attached hydrogen (secondary N) is 1. The van der Waals surface area contributed by atoms with Crippen LogP contribution in [0.1, 0.15) is 10.4 Å². The first-order chi connectivity index (χ1) is 22.3. The Morgan fingerprint density at radius 1 is 1.00 bits per heavy atom. The molecule has 3 aromatic carbocycles. The number of aliphatic carboxylic acids is 1. The highest BCUT2D eigenvalue weighted by Crippen LogP contribution is 2.29. The van der Waals surface area contributed by atoms with Gasteiger partial charge in [0.25, 0.3) is 5.91 Å². The largest absolute Gasteiger partial charge is 0.492 e. The van der Waals surface area contributed by atoms with Crippen molar-refractivity contribution in [2.75, 3.05) is 67.2 Å². The number of amides is 1. The maximum atomic E-state index is 13.3. The van der Waals surface area contributed by atoms with Crippen LogP contribution in [-0.4, -0.2) is 96.9 Å². The molecule has 0 radical (unpaired) electrons. The van der Waals surface area contributed by atoms with Crippen molar-refractivity contribution in [2.45, 2.75) is 11.1 Å². The van der Waals surface area contributed by atoms with Gasteiger partial charge in [0.15, 0.2) is 0 Å². The summed E-state index contributed by atoms with van der Waals surface area (Å²) in [5, 5.41) is 10.3. The summed E-state index contributed by atoms with van der Waals surface area (Å²) in [5.41, 5.74) is 7.10. The Bertz CT molecular complexity index is 1820. The van der Waals surface area contributed by atoms with E-state index in [1.165, 1.54) is 47.8 Å². The zero-order valence-electron chi connectivity index (χ0n) is 25.6. The highest BCUT2D eigenvalue weighted by atomic mass is 35.5. The molecule has 19 heteroatoms. The Morgan fingerprint density at radius 2 is 1.58 bits per heavy atom. The first-order valence-corrected chi connectivity index (χ1v) is 17.6. The number of carboxylic acids is 1. The second kappa shape index (κ2) is 15.9. The minimum Gasteiger partial charge on any atom is -0.492 e. The van der Waals surface area contributed by atoms with Crippen LogP contribution >= 0.6 is 11.6 Å². The molecular weight excluding hydrogens is 703 g/mol. The number of sulfonamides is 2. The Kier molecular flexibility index (Phi) is 12.7. The molecule has 1 saturated heterocycles. The molecule has 0 spiro atoms. The number of carbonyl (C=O) groups excluding carboxylic acids is 1. The fraction of sp³-hybridized carbons (Fsp3) is 0.310. The number of carboxylic acid groups (broad SMARTS) is 1. The van der Waals surface area contributed by atoms with E-state index in [-0.39, 0.29) is 29.2 Å². The topological polar surface area (TPSA) is 180 Å². The molecule has 1 aliphatic rings. The van der Waals surface area contributed by atoms with Gasteiger partial charge in [-0.25, -0.2) is 21.6 Å². The molecule has 4 rings (SSSR count). The number of rotatable bonds is 10. The van der Waals surface area contributed by atoms with Crippen LogP contribution in [0.3, 0.4) is 0 Å². The molecule has 0 saturated carbocycles. The van der Waals surface area contributed by atoms with E-state index in [0.29, 0.717) is 42.7 Å². The zero-order chi connectivity index (χ0) is 35.9. The van der Waals surface area contributed by atoms with Crippen LogP contribution in [0.15, 0.2) is 71.6 Å². The lowest BCUT2D eigenvalue weighted by molar-refractivity contribution is -0.192. The van der Waals surface area contributed by atoms with Crippen molar-refractivity contribution in [1.82, 2.24) is 4.31 Å². The number of halogens is 4. The van der Waals surface area contributed by atoms with Crippen molar-refractivity contribution in [3.8, 4) is 5.75 Å². The van der Waals surface area contributed by atoms with Gasteiger partial charge in [-0.3, -0.25) is 9.10 Å². The van der Waals surface area contributed by atoms with Gasteiger partial charge in [0.05, 0.1) is 22.4 Å². The molecule has 1 amide bonds. The predicted octanol–water partition coefficient (Wildman–Crippen LogP) is 3.47. The number of hydrogen-bond donors (Lipinski definition) is 3. The molecule has 0 aromatic heterocycles. The van der Waals surface area contributed by atoms with E-state index in [1.807, 2.05) is 17.0 Å². The van der Waals surface area contributed by atoms with Crippen molar-refractivity contribution in [2.24, 2.45) is 5.73 Å². The van der Waals surface area contributed by atoms with E-state index in [2.05, 4.69) is 5.32 Å². The number of hydrogen-bond acceptors (Lipinski definition) is 9. The second-order valence-corrected chi connectivity index (χ2v) is 14.6. The molecule has 1 heterocycles. The number of benzene rings is 3. The average molecular weight is 736 g/mol. The molecule has 1 fully saturated rings. The van der Waals surface area contributed by atoms with Gasteiger partial charge in [-0.1, -0.05) is 23.7 Å². The number of alkyl halides is 3. The number of carbonyl (C=O) groups is 2. The quantitative estimate of drug-likeness (QED) is 0.279. The monoisotopic (exact) mass is 735 g/mol. The van der Waals surface area contributed by atoms with Crippen molar-refractivity contribution in [1.29, 1.82) is 0 Å². The van der Waals surface area contributed by atoms with Crippen molar-refractivity contribution >= 4 is 60.6 Å². The lowest BCUT2D eigenvalue weighted by Crippen LogP contribution is -2.48. The molecular formula is C29H33ClF3N5O8S2. The van der Waals surface area contributed by atoms with Gasteiger partial charge >= 0.3 is 12.1 Å². The fourth-order valence-corrected chi connectivity index (χ4v) is 6.51. The predicted molar refractivity (Wildman–Crippen MR) is 175 cm³/mol. The summed E-state index contributed by atoms with van der Waals surface area (Å²) in [4.78, 5) is 24.0. The normalized spacial score (nSPS) is 14.0. The summed E-state index contributed by atoms with van der Waals surface area (Å²) in [6.45, 7) is 2.22. The average Bonchev–Trinajstić information content (AvgIpc) is 3.03. The lowest BCUT2D eigenvalue weighted by Gasteiger charge is -2.35. The summed E-state index contributed by atoms with van der Waals surface area (Å²) in [5.74, 6) is -2.68. The Labute approximate surface area is 280 Å². The minimum absolute atomic E-state index is 0.0985. The molecule has 1 aliphatic heterocycles. The zero-order valence-corrected chi connectivity index (χ0v) is 28.0. The molecule has 262 valence electrons. The summed E-state index contributed by atoms with van der Waals surface area (Å²) in [6, 6.07) is 17.6. The van der Waals surface area contributed by atoms with Crippen LogP contribution < -0.4 is 25.0 Å². The standard InChI is InChI=1S/C27H32ClN5O6S2.C2HF3O2/c1-31(40(2,35)36)26-6-4-3-5-25(26)27(34)30-21-7-9-24(10-8-21)41(37,38)33-14-12-32(13-15-33)22-17-20(28)18-23(19-22)39-16-11-29;3-2(4,5)1(6)7/h3-10,17-19H,11-16,29H2,1-2H3,(H,30,34);(H,6,7). The van der Waals surface area contributed by atoms with E-state index in [4.69, 9.17) is 32.0 Å². The van der Waals surface area contributed by atoms with E-state index in [9.17, 15) is 34.8 Å². The summed E-state index contributed by atoms with van der Waals surface area (Å²) < 4.78 is 90.4. The van der Waals surface area contributed by atoms with Gasteiger partial charge in [0.1, 0.15) is 12.4 Å². The van der Waals surface area contributed by atoms with Crippen LogP contribution in [0.25, 0.3) is 0 Å². The maximum absolute atomic E-state index is 13.3. The Morgan fingerprint density at radius 3 is 2.12 bits per heavy atom. The number of ether oxygens (including phenoxy) is 1. The molecule has 0 atom stereocenters. The van der Waals surface area contributed by atoms with Crippen molar-refractivity contribution < 1.29 is 49.4 Å². The molecule has 13 nitrogen and oxygen atoms in total. The molecule has 0 bridgehead atoms. The van der Waals surface area contributed by atoms with Gasteiger partial charge in [-0.15, -0.1) is 0 Å². The molecule has 0 unspecified atom stereocenters. The number of anilines is 3. The van der Waals surface area contributed by atoms with Crippen LogP contribution in [0.5, 0.6) is 5.75 Å². The highest BCUT2D eigenvalue weighted by Gasteiger charge is 2.38.